The Hall–Kier alpha value is -0.850. The topological polar surface area (TPSA) is 58.1 Å². The number of methoxy groups -OCH3 is 1. The highest BCUT2D eigenvalue weighted by Gasteiger charge is 2.20. The largest absolute Gasteiger partial charge is 0.382 e. The van der Waals surface area contributed by atoms with E-state index in [1.54, 1.807) is 7.11 Å². The first-order chi connectivity index (χ1) is 11.2. The highest BCUT2D eigenvalue weighted by molar-refractivity contribution is 5.79. The first-order valence-electron chi connectivity index (χ1n) is 8.92. The smallest absolute Gasteiger partial charge is 0.191 e. The Morgan fingerprint density at radius 2 is 1.96 bits per heavy atom. The van der Waals surface area contributed by atoms with Crippen LogP contribution in [0, 0.1) is 5.92 Å². The van der Waals surface area contributed by atoms with Gasteiger partial charge in [-0.05, 0) is 45.2 Å². The molecule has 1 aliphatic rings. The molecule has 1 heterocycles. The molecule has 0 aromatic carbocycles. The van der Waals surface area contributed by atoms with Gasteiger partial charge in [0.25, 0.3) is 0 Å². The van der Waals surface area contributed by atoms with Gasteiger partial charge in [0, 0.05) is 39.9 Å². The molecule has 1 saturated heterocycles. The number of hydrogen-bond acceptors (Lipinski definition) is 4. The second-order valence-electron chi connectivity index (χ2n) is 6.41. The van der Waals surface area contributed by atoms with Gasteiger partial charge in [0.2, 0.25) is 0 Å². The number of nitrogens with zero attached hydrogens (tertiary/aromatic N) is 2. The van der Waals surface area contributed by atoms with Crippen LogP contribution in [0.15, 0.2) is 4.99 Å². The van der Waals surface area contributed by atoms with Crippen LogP contribution in [0.1, 0.15) is 33.1 Å². The van der Waals surface area contributed by atoms with Gasteiger partial charge in [-0.25, -0.2) is 0 Å². The minimum atomic E-state index is 0.540. The van der Waals surface area contributed by atoms with Crippen molar-refractivity contribution in [3.05, 3.63) is 0 Å². The Morgan fingerprint density at radius 1 is 1.22 bits per heavy atom. The predicted molar refractivity (Wildman–Crippen MR) is 96.1 cm³/mol. The van der Waals surface area contributed by atoms with E-state index in [4.69, 9.17) is 9.47 Å². The van der Waals surface area contributed by atoms with Crippen molar-refractivity contribution in [2.45, 2.75) is 39.2 Å². The molecule has 0 amide bonds. The van der Waals surface area contributed by atoms with E-state index < -0.39 is 0 Å². The minimum Gasteiger partial charge on any atom is -0.382 e. The number of piperidine rings is 1. The van der Waals surface area contributed by atoms with E-state index in [1.807, 2.05) is 7.05 Å². The molecule has 0 saturated carbocycles. The van der Waals surface area contributed by atoms with Gasteiger partial charge < -0.3 is 20.1 Å². The van der Waals surface area contributed by atoms with E-state index in [0.29, 0.717) is 19.3 Å². The molecule has 1 aliphatic heterocycles. The Morgan fingerprint density at radius 3 is 2.61 bits per heavy atom. The summed E-state index contributed by atoms with van der Waals surface area (Å²) in [4.78, 5) is 6.85. The second kappa shape index (κ2) is 12.6. The molecule has 0 aromatic heterocycles. The summed E-state index contributed by atoms with van der Waals surface area (Å²) >= 11 is 0. The number of ether oxygens (including phenoxy) is 2. The van der Waals surface area contributed by atoms with Crippen LogP contribution < -0.4 is 10.6 Å². The number of nitrogens with one attached hydrogen (secondary N) is 2. The average Bonchev–Trinajstić information content (AvgIpc) is 2.57. The van der Waals surface area contributed by atoms with Crippen LogP contribution in [0.3, 0.4) is 0 Å². The van der Waals surface area contributed by atoms with Gasteiger partial charge >= 0.3 is 0 Å². The van der Waals surface area contributed by atoms with E-state index in [0.717, 1.165) is 38.0 Å². The second-order valence-corrected chi connectivity index (χ2v) is 6.41. The van der Waals surface area contributed by atoms with Crippen LogP contribution >= 0.6 is 0 Å². The molecule has 1 fully saturated rings. The zero-order chi connectivity index (χ0) is 16.9. The number of hydrogen-bond donors (Lipinski definition) is 2. The van der Waals surface area contributed by atoms with E-state index in [1.165, 1.54) is 25.9 Å². The SMILES string of the molecule is CN=C(NCCCOCCOC)NCC(C)N1CCC(C)CC1. The quantitative estimate of drug-likeness (QED) is 0.360. The lowest BCUT2D eigenvalue weighted by Crippen LogP contribution is -2.48. The third kappa shape index (κ3) is 9.13. The summed E-state index contributed by atoms with van der Waals surface area (Å²) in [5, 5.41) is 6.76. The van der Waals surface area contributed by atoms with E-state index in [2.05, 4.69) is 34.4 Å². The van der Waals surface area contributed by atoms with E-state index in [-0.39, 0.29) is 0 Å². The first-order valence-corrected chi connectivity index (χ1v) is 8.92. The van der Waals surface area contributed by atoms with Gasteiger partial charge in [0.05, 0.1) is 13.2 Å². The zero-order valence-electron chi connectivity index (χ0n) is 15.4. The van der Waals surface area contributed by atoms with Crippen molar-refractivity contribution in [2.75, 3.05) is 60.2 Å². The van der Waals surface area contributed by atoms with Gasteiger partial charge in [0.1, 0.15) is 0 Å². The lowest BCUT2D eigenvalue weighted by atomic mass is 9.98. The van der Waals surface area contributed by atoms with Crippen LogP contribution in [-0.4, -0.2) is 77.1 Å². The normalized spacial score (nSPS) is 18.9. The molecule has 1 unspecified atom stereocenters. The maximum Gasteiger partial charge on any atom is 0.191 e. The summed E-state index contributed by atoms with van der Waals surface area (Å²) < 4.78 is 10.4. The molecular formula is C17H36N4O2. The molecule has 0 aromatic rings. The fraction of sp³-hybridized carbons (Fsp3) is 0.941. The van der Waals surface area contributed by atoms with Crippen molar-refractivity contribution in [2.24, 2.45) is 10.9 Å². The van der Waals surface area contributed by atoms with Crippen LogP contribution in [0.25, 0.3) is 0 Å². The predicted octanol–water partition coefficient (Wildman–Crippen LogP) is 1.32. The molecule has 6 heteroatoms. The van der Waals surface area contributed by atoms with Crippen molar-refractivity contribution in [1.82, 2.24) is 15.5 Å². The Labute approximate surface area is 142 Å². The Kier molecular flexibility index (Phi) is 11.0. The number of aliphatic imine (C=N–C) groups is 1. The maximum absolute atomic E-state index is 5.44. The number of guanidine groups is 1. The molecule has 1 rings (SSSR count). The zero-order valence-corrected chi connectivity index (χ0v) is 15.4. The van der Waals surface area contributed by atoms with E-state index in [9.17, 15) is 0 Å². The summed E-state index contributed by atoms with van der Waals surface area (Å²) in [7, 11) is 3.50. The Bertz CT molecular complexity index is 318. The maximum atomic E-state index is 5.44. The molecule has 1 atom stereocenters. The lowest BCUT2D eigenvalue weighted by molar-refractivity contribution is 0.0698. The lowest BCUT2D eigenvalue weighted by Gasteiger charge is -2.35. The minimum absolute atomic E-state index is 0.540. The number of rotatable bonds is 10. The molecule has 0 radical (unpaired) electrons. The van der Waals surface area contributed by atoms with Crippen LogP contribution in [0.5, 0.6) is 0 Å². The van der Waals surface area contributed by atoms with Crippen molar-refractivity contribution >= 4 is 5.96 Å². The summed E-state index contributed by atoms with van der Waals surface area (Å²) in [5.74, 6) is 1.76. The van der Waals surface area contributed by atoms with E-state index >= 15 is 0 Å². The fourth-order valence-electron chi connectivity index (χ4n) is 2.69. The van der Waals surface area contributed by atoms with Crippen molar-refractivity contribution in [1.29, 1.82) is 0 Å². The number of likely N-dealkylation sites (tertiary alicyclic amines) is 1. The third-order valence-electron chi connectivity index (χ3n) is 4.42. The monoisotopic (exact) mass is 328 g/mol. The molecule has 23 heavy (non-hydrogen) atoms. The van der Waals surface area contributed by atoms with Gasteiger partial charge in [0.15, 0.2) is 5.96 Å². The van der Waals surface area contributed by atoms with Crippen LogP contribution in [0.2, 0.25) is 0 Å². The molecule has 0 aliphatic carbocycles. The molecule has 6 nitrogen and oxygen atoms in total. The highest BCUT2D eigenvalue weighted by Crippen LogP contribution is 2.17. The fourth-order valence-corrected chi connectivity index (χ4v) is 2.69. The van der Waals surface area contributed by atoms with Gasteiger partial charge in [-0.2, -0.15) is 0 Å². The summed E-state index contributed by atoms with van der Waals surface area (Å²) in [6, 6.07) is 0.540. The first kappa shape index (κ1) is 20.2. The Balaban J connectivity index is 2.09. The van der Waals surface area contributed by atoms with Crippen molar-refractivity contribution in [3.8, 4) is 0 Å². The molecule has 136 valence electrons. The molecule has 0 bridgehead atoms. The molecular weight excluding hydrogens is 292 g/mol. The van der Waals surface area contributed by atoms with Gasteiger partial charge in [-0.3, -0.25) is 9.89 Å². The summed E-state index contributed by atoms with van der Waals surface area (Å²) in [6.07, 6.45) is 3.60. The van der Waals surface area contributed by atoms with Crippen LogP contribution in [-0.2, 0) is 9.47 Å². The molecule has 2 N–H and O–H groups in total. The summed E-state index contributed by atoms with van der Waals surface area (Å²) in [5.41, 5.74) is 0. The van der Waals surface area contributed by atoms with Crippen molar-refractivity contribution in [3.63, 3.8) is 0 Å². The average molecular weight is 329 g/mol. The van der Waals surface area contributed by atoms with Crippen LogP contribution in [0.4, 0.5) is 0 Å². The highest BCUT2D eigenvalue weighted by atomic mass is 16.5. The van der Waals surface area contributed by atoms with Gasteiger partial charge in [-0.1, -0.05) is 6.92 Å². The summed E-state index contributed by atoms with van der Waals surface area (Å²) in [6.45, 7) is 10.9. The molecule has 0 spiro atoms. The van der Waals surface area contributed by atoms with Crippen molar-refractivity contribution < 1.29 is 9.47 Å². The third-order valence-corrected chi connectivity index (χ3v) is 4.42. The standard InChI is InChI=1S/C17H36N4O2/c1-15-6-9-21(10-7-15)16(2)14-20-17(18-3)19-8-5-11-23-13-12-22-4/h15-16H,5-14H2,1-4H3,(H2,18,19,20). The van der Waals surface area contributed by atoms with Gasteiger partial charge in [-0.15, -0.1) is 0 Å².